The monoisotopic (exact) mass is 1280 g/mol. The molecule has 0 aliphatic carbocycles. The lowest BCUT2D eigenvalue weighted by Gasteiger charge is -2.51. The minimum Gasteiger partial charge on any atom is -0.497 e. The molecule has 14 heteroatoms. The Morgan fingerprint density at radius 2 is 0.330 bits per heavy atom. The normalized spacial score (nSPS) is 12.3. The Morgan fingerprint density at radius 3 is 0.464 bits per heavy atom. The lowest BCUT2D eigenvalue weighted by atomic mass is 9.60. The van der Waals surface area contributed by atoms with Crippen molar-refractivity contribution in [2.75, 3.05) is 100 Å². The Hall–Kier alpha value is -12.2. The Labute approximate surface area is 567 Å². The molecule has 2 heterocycles. The van der Waals surface area contributed by atoms with Crippen LogP contribution in [-0.4, -0.2) is 71.0 Å². The van der Waals surface area contributed by atoms with Crippen molar-refractivity contribution in [2.24, 2.45) is 0 Å². The number of hydrogen-bond acceptors (Lipinski definition) is 14. The van der Waals surface area contributed by atoms with Crippen molar-refractivity contribution in [3.8, 4) is 46.0 Å². The Kier molecular flexibility index (Phi) is 16.9. The third-order valence-corrected chi connectivity index (χ3v) is 18.7. The fourth-order valence-electron chi connectivity index (χ4n) is 13.8. The van der Waals surface area contributed by atoms with Gasteiger partial charge in [0.2, 0.25) is 0 Å². The van der Waals surface area contributed by atoms with Crippen LogP contribution in [0.15, 0.2) is 267 Å². The average molecular weight is 1280 g/mol. The van der Waals surface area contributed by atoms with Gasteiger partial charge in [0.05, 0.1) is 62.3 Å². The molecule has 0 saturated carbocycles. The summed E-state index contributed by atoms with van der Waals surface area (Å²) in [6.07, 6.45) is 0. The van der Waals surface area contributed by atoms with E-state index in [9.17, 15) is 0 Å². The lowest BCUT2D eigenvalue weighted by Crippen LogP contribution is -2.42. The van der Waals surface area contributed by atoms with Crippen LogP contribution in [0.4, 0.5) is 91.0 Å². The van der Waals surface area contributed by atoms with Gasteiger partial charge in [-0.05, 0) is 289 Å². The summed E-state index contributed by atoms with van der Waals surface area (Å²) in [4.78, 5) is 13.9. The molecule has 484 valence electrons. The first-order valence-corrected chi connectivity index (χ1v) is 31.9. The maximum Gasteiger partial charge on any atom is 0.119 e. The molecule has 0 radical (unpaired) electrons. The number of benzene rings is 12. The molecular formula is C83H74N6O8. The molecule has 0 unspecified atom stereocenters. The molecule has 2 aliphatic heterocycles. The van der Waals surface area contributed by atoms with E-state index in [1.165, 1.54) is 0 Å². The van der Waals surface area contributed by atoms with Crippen molar-refractivity contribution >= 4 is 91.0 Å². The summed E-state index contributed by atoms with van der Waals surface area (Å²) < 4.78 is 46.3. The highest BCUT2D eigenvalue weighted by atomic mass is 16.5. The lowest BCUT2D eigenvalue weighted by molar-refractivity contribution is 0.414. The topological polar surface area (TPSA) is 93.3 Å². The van der Waals surface area contributed by atoms with Crippen molar-refractivity contribution in [3.05, 3.63) is 289 Å². The van der Waals surface area contributed by atoms with Crippen LogP contribution < -0.4 is 67.3 Å². The maximum absolute atomic E-state index is 5.78. The first kappa shape index (κ1) is 62.3. The molecule has 1 spiro atoms. The number of ether oxygens (including phenoxy) is 8. The van der Waals surface area contributed by atoms with Crippen LogP contribution in [0.3, 0.4) is 0 Å². The smallest absolute Gasteiger partial charge is 0.119 e. The average Bonchev–Trinajstić information content (AvgIpc) is 0.675. The first-order chi connectivity index (χ1) is 47.5. The summed E-state index contributed by atoms with van der Waals surface area (Å²) in [6, 6.07) is 93.6. The Morgan fingerprint density at radius 1 is 0.196 bits per heavy atom. The number of anilines is 16. The van der Waals surface area contributed by atoms with E-state index in [0.717, 1.165) is 159 Å². The highest BCUT2D eigenvalue weighted by Crippen LogP contribution is 2.64. The van der Waals surface area contributed by atoms with Crippen molar-refractivity contribution in [2.45, 2.75) is 5.41 Å². The van der Waals surface area contributed by atoms with Crippen LogP contribution in [0.5, 0.6) is 46.0 Å². The Balaban J connectivity index is 1.14. The number of rotatable bonds is 20. The standard InChI is InChI=1S/C83H74N6O8/c1-84-79-47-27-63(86(55-11-31-67(90-3)32-12-55)56-13-33-68(91-4)34-14-56)51-75(79)83(76-52-64(28-48-80(76)84)87(57-15-35-69(92-5)36-16-57)58-17-37-70(93-6)38-18-58)77-53-65(88(59-19-39-71(94-7)40-20-59)60-21-41-72(95-8)42-22-60)29-49-81(77)85(2)82-50-30-66(54-78(82)83)89(61-23-43-73(96-9)44-24-61)62-25-45-74(97-10)46-26-62/h11-54H,1-10H3. The highest BCUT2D eigenvalue weighted by Gasteiger charge is 2.52. The molecule has 0 bridgehead atoms. The predicted octanol–water partition coefficient (Wildman–Crippen LogP) is 20.2. The maximum atomic E-state index is 5.78. The number of hydrogen-bond donors (Lipinski definition) is 0. The fourth-order valence-corrected chi connectivity index (χ4v) is 13.8. The zero-order valence-corrected chi connectivity index (χ0v) is 55.9. The van der Waals surface area contributed by atoms with Crippen LogP contribution in [0.1, 0.15) is 22.3 Å². The second kappa shape index (κ2) is 26.3. The second-order valence-corrected chi connectivity index (χ2v) is 23.6. The minimum absolute atomic E-state index is 0.748. The Bertz CT molecular complexity index is 3970. The summed E-state index contributed by atoms with van der Waals surface area (Å²) in [6.45, 7) is 0. The zero-order chi connectivity index (χ0) is 66.9. The van der Waals surface area contributed by atoms with Gasteiger partial charge in [-0.15, -0.1) is 0 Å². The molecule has 2 aliphatic rings. The summed E-state index contributed by atoms with van der Waals surface area (Å²) in [5.41, 5.74) is 18.2. The van der Waals surface area contributed by atoms with Gasteiger partial charge in [0.1, 0.15) is 46.0 Å². The zero-order valence-electron chi connectivity index (χ0n) is 55.9. The molecule has 14 nitrogen and oxygen atoms in total. The van der Waals surface area contributed by atoms with Gasteiger partial charge in [-0.2, -0.15) is 0 Å². The molecular weight excluding hydrogens is 1210 g/mol. The summed E-state index contributed by atoms with van der Waals surface area (Å²) in [5, 5.41) is 0. The predicted molar refractivity (Wildman–Crippen MR) is 392 cm³/mol. The third kappa shape index (κ3) is 11.2. The van der Waals surface area contributed by atoms with Gasteiger partial charge >= 0.3 is 0 Å². The highest BCUT2D eigenvalue weighted by molar-refractivity contribution is 5.97. The van der Waals surface area contributed by atoms with Crippen LogP contribution in [0.2, 0.25) is 0 Å². The quantitative estimate of drug-likeness (QED) is 0.0725. The SMILES string of the molecule is COc1ccc(N(c2ccc(OC)cc2)c2ccc3c(c2)C2(c4cc(N(c5ccc(OC)cc5)c5ccc(OC)cc5)ccc4N3C)c3cc(N(c4ccc(OC)cc4)c4ccc(OC)cc4)ccc3N(C)c3ccc(N(c4ccc(OC)cc4)c4ccc(OC)cc4)cc32)cc1. The van der Waals surface area contributed by atoms with E-state index in [1.54, 1.807) is 56.9 Å². The van der Waals surface area contributed by atoms with Crippen molar-refractivity contribution in [1.29, 1.82) is 0 Å². The van der Waals surface area contributed by atoms with E-state index in [1.807, 2.05) is 97.1 Å². The molecule has 0 amide bonds. The first-order valence-electron chi connectivity index (χ1n) is 31.9. The van der Waals surface area contributed by atoms with Gasteiger partial charge in [-0.25, -0.2) is 0 Å². The molecule has 12 aromatic rings. The molecule has 0 saturated heterocycles. The van der Waals surface area contributed by atoms with E-state index in [4.69, 9.17) is 37.9 Å². The van der Waals surface area contributed by atoms with E-state index in [0.29, 0.717) is 0 Å². The second-order valence-electron chi connectivity index (χ2n) is 23.6. The van der Waals surface area contributed by atoms with E-state index in [-0.39, 0.29) is 0 Å². The largest absolute Gasteiger partial charge is 0.497 e. The van der Waals surface area contributed by atoms with Gasteiger partial charge in [0.15, 0.2) is 0 Å². The summed E-state index contributed by atoms with van der Waals surface area (Å²) in [5.74, 6) is 5.99. The van der Waals surface area contributed by atoms with Crippen LogP contribution in [-0.2, 0) is 5.41 Å². The van der Waals surface area contributed by atoms with Crippen molar-refractivity contribution in [1.82, 2.24) is 0 Å². The van der Waals surface area contributed by atoms with E-state index >= 15 is 0 Å². The van der Waals surface area contributed by atoms with Gasteiger partial charge in [0, 0.05) is 105 Å². The van der Waals surface area contributed by atoms with Gasteiger partial charge in [-0.1, -0.05) is 0 Å². The van der Waals surface area contributed by atoms with E-state index < -0.39 is 5.41 Å². The molecule has 12 aromatic carbocycles. The molecule has 97 heavy (non-hydrogen) atoms. The number of fused-ring (bicyclic) bond motifs is 8. The third-order valence-electron chi connectivity index (χ3n) is 18.7. The molecule has 0 N–H and O–H groups in total. The van der Waals surface area contributed by atoms with Crippen LogP contribution in [0, 0.1) is 0 Å². The summed E-state index contributed by atoms with van der Waals surface area (Å²) >= 11 is 0. The number of methoxy groups -OCH3 is 8. The molecule has 0 atom stereocenters. The van der Waals surface area contributed by atoms with E-state index in [2.05, 4.69) is 213 Å². The van der Waals surface area contributed by atoms with Gasteiger partial charge in [0.25, 0.3) is 0 Å². The molecule has 0 fully saturated rings. The summed E-state index contributed by atoms with van der Waals surface area (Å²) in [7, 11) is 17.9. The molecule has 0 aromatic heterocycles. The van der Waals surface area contributed by atoms with Crippen molar-refractivity contribution in [3.63, 3.8) is 0 Å². The molecule has 14 rings (SSSR count). The van der Waals surface area contributed by atoms with Crippen LogP contribution >= 0.6 is 0 Å². The van der Waals surface area contributed by atoms with Crippen LogP contribution in [0.25, 0.3) is 0 Å². The van der Waals surface area contributed by atoms with Gasteiger partial charge in [-0.3, -0.25) is 0 Å². The van der Waals surface area contributed by atoms with Crippen molar-refractivity contribution < 1.29 is 37.9 Å². The number of nitrogens with zero attached hydrogens (tertiary/aromatic N) is 6. The fraction of sp³-hybridized carbons (Fsp3) is 0.133. The minimum atomic E-state index is -1.17. The van der Waals surface area contributed by atoms with Gasteiger partial charge < -0.3 is 67.3 Å².